The van der Waals surface area contributed by atoms with Gasteiger partial charge in [-0.25, -0.2) is 0 Å². The van der Waals surface area contributed by atoms with Gasteiger partial charge >= 0.3 is 0 Å². The normalized spacial score (nSPS) is 32.7. The zero-order valence-electron chi connectivity index (χ0n) is 7.42. The second kappa shape index (κ2) is 3.09. The monoisotopic (exact) mass is 159 g/mol. The SMILES string of the molecule is C[C@@H]1NCO[C@H]1CC(C)(C)O. The van der Waals surface area contributed by atoms with E-state index in [1.165, 1.54) is 0 Å². The van der Waals surface area contributed by atoms with Crippen molar-refractivity contribution in [2.45, 2.75) is 44.9 Å². The van der Waals surface area contributed by atoms with Crippen molar-refractivity contribution >= 4 is 0 Å². The molecule has 0 unspecified atom stereocenters. The molecule has 0 aliphatic carbocycles. The van der Waals surface area contributed by atoms with Crippen LogP contribution in [0.5, 0.6) is 0 Å². The zero-order chi connectivity index (χ0) is 8.48. The summed E-state index contributed by atoms with van der Waals surface area (Å²) in [6, 6.07) is 0.362. The van der Waals surface area contributed by atoms with Crippen molar-refractivity contribution in [2.75, 3.05) is 6.73 Å². The number of hydrogen-bond acceptors (Lipinski definition) is 3. The molecule has 0 aromatic heterocycles. The second-order valence-electron chi connectivity index (χ2n) is 3.86. The van der Waals surface area contributed by atoms with Crippen molar-refractivity contribution in [1.82, 2.24) is 5.32 Å². The van der Waals surface area contributed by atoms with E-state index in [0.29, 0.717) is 19.2 Å². The molecule has 66 valence electrons. The molecule has 1 heterocycles. The molecule has 2 atom stereocenters. The van der Waals surface area contributed by atoms with Crippen LogP contribution in [0.4, 0.5) is 0 Å². The van der Waals surface area contributed by atoms with Gasteiger partial charge < -0.3 is 9.84 Å². The molecule has 0 saturated carbocycles. The summed E-state index contributed by atoms with van der Waals surface area (Å²) in [4.78, 5) is 0. The zero-order valence-corrected chi connectivity index (χ0v) is 7.42. The Morgan fingerprint density at radius 1 is 1.64 bits per heavy atom. The Hall–Kier alpha value is -0.120. The maximum atomic E-state index is 9.49. The highest BCUT2D eigenvalue weighted by atomic mass is 16.5. The van der Waals surface area contributed by atoms with Gasteiger partial charge in [-0.2, -0.15) is 0 Å². The van der Waals surface area contributed by atoms with Crippen LogP contribution in [0.1, 0.15) is 27.2 Å². The Kier molecular flexibility index (Phi) is 2.52. The van der Waals surface area contributed by atoms with Crippen LogP contribution < -0.4 is 5.32 Å². The lowest BCUT2D eigenvalue weighted by Crippen LogP contribution is -2.34. The quantitative estimate of drug-likeness (QED) is 0.616. The molecule has 0 aromatic rings. The molecule has 0 bridgehead atoms. The summed E-state index contributed by atoms with van der Waals surface area (Å²) >= 11 is 0. The third-order valence-electron chi connectivity index (χ3n) is 1.96. The van der Waals surface area contributed by atoms with E-state index < -0.39 is 5.60 Å². The Morgan fingerprint density at radius 2 is 2.27 bits per heavy atom. The molecule has 11 heavy (non-hydrogen) atoms. The first-order chi connectivity index (χ1) is 4.99. The largest absolute Gasteiger partial charge is 0.390 e. The summed E-state index contributed by atoms with van der Waals surface area (Å²) in [7, 11) is 0. The highest BCUT2D eigenvalue weighted by Gasteiger charge is 2.29. The second-order valence-corrected chi connectivity index (χ2v) is 3.86. The van der Waals surface area contributed by atoms with Crippen LogP contribution in [0, 0.1) is 0 Å². The molecule has 0 radical (unpaired) electrons. The maximum absolute atomic E-state index is 9.49. The predicted molar refractivity (Wildman–Crippen MR) is 43.3 cm³/mol. The maximum Gasteiger partial charge on any atom is 0.0972 e. The molecular weight excluding hydrogens is 142 g/mol. The molecule has 3 heteroatoms. The van der Waals surface area contributed by atoms with Crippen LogP contribution in [-0.2, 0) is 4.74 Å². The van der Waals surface area contributed by atoms with Crippen molar-refractivity contribution < 1.29 is 9.84 Å². The van der Waals surface area contributed by atoms with E-state index in [1.54, 1.807) is 13.8 Å². The van der Waals surface area contributed by atoms with Gasteiger partial charge in [0.05, 0.1) is 18.4 Å². The smallest absolute Gasteiger partial charge is 0.0972 e. The summed E-state index contributed by atoms with van der Waals surface area (Å²) in [5.41, 5.74) is -0.620. The van der Waals surface area contributed by atoms with E-state index in [1.807, 2.05) is 0 Å². The average molecular weight is 159 g/mol. The summed E-state index contributed by atoms with van der Waals surface area (Å²) in [5, 5.41) is 12.6. The van der Waals surface area contributed by atoms with Gasteiger partial charge in [-0.15, -0.1) is 0 Å². The van der Waals surface area contributed by atoms with Gasteiger partial charge in [0.1, 0.15) is 0 Å². The molecular formula is C8H17NO2. The first-order valence-electron chi connectivity index (χ1n) is 4.06. The van der Waals surface area contributed by atoms with Gasteiger partial charge in [0, 0.05) is 12.5 Å². The highest BCUT2D eigenvalue weighted by molar-refractivity contribution is 4.82. The third-order valence-corrected chi connectivity index (χ3v) is 1.96. The first kappa shape index (κ1) is 8.97. The summed E-state index contributed by atoms with van der Waals surface area (Å²) < 4.78 is 5.37. The highest BCUT2D eigenvalue weighted by Crippen LogP contribution is 2.18. The van der Waals surface area contributed by atoms with Crippen molar-refractivity contribution in [2.24, 2.45) is 0 Å². The van der Waals surface area contributed by atoms with Gasteiger partial charge in [-0.05, 0) is 20.8 Å². The average Bonchev–Trinajstić information content (AvgIpc) is 2.12. The standard InChI is InChI=1S/C8H17NO2/c1-6-7(11-5-9-6)4-8(2,3)10/h6-7,9-10H,4-5H2,1-3H3/t6-,7-/m0/s1. The van der Waals surface area contributed by atoms with Crippen LogP contribution >= 0.6 is 0 Å². The molecule has 1 fully saturated rings. The molecule has 0 spiro atoms. The molecule has 1 aliphatic heterocycles. The number of nitrogens with one attached hydrogen (secondary N) is 1. The fraction of sp³-hybridized carbons (Fsp3) is 1.00. The summed E-state index contributed by atoms with van der Waals surface area (Å²) in [6.45, 7) is 6.30. The van der Waals surface area contributed by atoms with Crippen LogP contribution in [0.3, 0.4) is 0 Å². The van der Waals surface area contributed by atoms with E-state index in [4.69, 9.17) is 4.74 Å². The summed E-state index contributed by atoms with van der Waals surface area (Å²) in [6.07, 6.45) is 0.858. The van der Waals surface area contributed by atoms with E-state index in [0.717, 1.165) is 0 Å². The topological polar surface area (TPSA) is 41.5 Å². The Bertz CT molecular complexity index is 131. The van der Waals surface area contributed by atoms with E-state index >= 15 is 0 Å². The lowest BCUT2D eigenvalue weighted by molar-refractivity contribution is 0.00274. The predicted octanol–water partition coefficient (Wildman–Crippen LogP) is 0.482. The van der Waals surface area contributed by atoms with Crippen LogP contribution in [0.2, 0.25) is 0 Å². The molecule has 1 aliphatic rings. The fourth-order valence-electron chi connectivity index (χ4n) is 1.29. The van der Waals surface area contributed by atoms with Crippen LogP contribution in [0.15, 0.2) is 0 Å². The van der Waals surface area contributed by atoms with Crippen LogP contribution in [-0.4, -0.2) is 29.6 Å². The van der Waals surface area contributed by atoms with Crippen molar-refractivity contribution in [1.29, 1.82) is 0 Å². The fourth-order valence-corrected chi connectivity index (χ4v) is 1.29. The van der Waals surface area contributed by atoms with Crippen molar-refractivity contribution in [3.05, 3.63) is 0 Å². The molecule has 2 N–H and O–H groups in total. The lowest BCUT2D eigenvalue weighted by atomic mass is 9.98. The minimum atomic E-state index is -0.620. The van der Waals surface area contributed by atoms with Gasteiger partial charge in [0.2, 0.25) is 0 Å². The number of aliphatic hydroxyl groups is 1. The van der Waals surface area contributed by atoms with E-state index in [9.17, 15) is 5.11 Å². The number of rotatable bonds is 2. The minimum absolute atomic E-state index is 0.162. The molecule has 0 aromatic carbocycles. The van der Waals surface area contributed by atoms with Gasteiger partial charge in [-0.3, -0.25) is 5.32 Å². The van der Waals surface area contributed by atoms with Crippen LogP contribution in [0.25, 0.3) is 0 Å². The minimum Gasteiger partial charge on any atom is -0.390 e. The Morgan fingerprint density at radius 3 is 2.64 bits per heavy atom. The third kappa shape index (κ3) is 2.77. The van der Waals surface area contributed by atoms with E-state index in [-0.39, 0.29) is 6.10 Å². The van der Waals surface area contributed by atoms with Crippen molar-refractivity contribution in [3.8, 4) is 0 Å². The van der Waals surface area contributed by atoms with Gasteiger partial charge in [0.15, 0.2) is 0 Å². The molecule has 1 rings (SSSR count). The Labute approximate surface area is 67.7 Å². The summed E-state index contributed by atoms with van der Waals surface area (Å²) in [5.74, 6) is 0. The molecule has 0 amide bonds. The Balaban J connectivity index is 2.37. The molecule has 1 saturated heterocycles. The first-order valence-corrected chi connectivity index (χ1v) is 4.06. The number of ether oxygens (including phenoxy) is 1. The van der Waals surface area contributed by atoms with Crippen molar-refractivity contribution in [3.63, 3.8) is 0 Å². The van der Waals surface area contributed by atoms with Gasteiger partial charge in [0.25, 0.3) is 0 Å². The lowest BCUT2D eigenvalue weighted by Gasteiger charge is -2.23. The van der Waals surface area contributed by atoms with E-state index in [2.05, 4.69) is 12.2 Å². The van der Waals surface area contributed by atoms with Gasteiger partial charge in [-0.1, -0.05) is 0 Å². The number of hydrogen-bond donors (Lipinski definition) is 2. The molecule has 3 nitrogen and oxygen atoms in total.